The van der Waals surface area contributed by atoms with E-state index in [2.05, 4.69) is 25.3 Å². The van der Waals surface area contributed by atoms with E-state index in [9.17, 15) is 4.79 Å². The Kier molecular flexibility index (Phi) is 4.38. The van der Waals surface area contributed by atoms with Crippen molar-refractivity contribution in [2.75, 3.05) is 0 Å². The molecule has 3 heterocycles. The third-order valence-corrected chi connectivity index (χ3v) is 4.36. The van der Waals surface area contributed by atoms with Gasteiger partial charge in [-0.05, 0) is 31.5 Å². The van der Waals surface area contributed by atoms with Gasteiger partial charge in [-0.3, -0.25) is 9.78 Å². The van der Waals surface area contributed by atoms with Gasteiger partial charge in [0.25, 0.3) is 5.91 Å². The number of nitrogens with zero attached hydrogens (tertiary/aromatic N) is 4. The standard InChI is InChI=1S/C16H15N5OS/c1-10-6-12(8-17-7-10)16-21-11(2)14(23-16)15(22)20-9-13-18-4-3-5-19-13/h3-8H,9H2,1-2H3,(H,20,22). The molecule has 0 aliphatic carbocycles. The Bertz CT molecular complexity index is 831. The zero-order chi connectivity index (χ0) is 16.2. The summed E-state index contributed by atoms with van der Waals surface area (Å²) < 4.78 is 0. The van der Waals surface area contributed by atoms with Gasteiger partial charge in [-0.25, -0.2) is 15.0 Å². The summed E-state index contributed by atoms with van der Waals surface area (Å²) in [6.07, 6.45) is 6.84. The van der Waals surface area contributed by atoms with E-state index in [1.807, 2.05) is 19.9 Å². The quantitative estimate of drug-likeness (QED) is 0.797. The normalized spacial score (nSPS) is 10.5. The Balaban J connectivity index is 1.76. The van der Waals surface area contributed by atoms with Gasteiger partial charge in [0, 0.05) is 30.4 Å². The molecule has 1 amide bonds. The average molecular weight is 325 g/mol. The van der Waals surface area contributed by atoms with Crippen LogP contribution in [0.1, 0.15) is 26.8 Å². The first-order chi connectivity index (χ1) is 11.1. The topological polar surface area (TPSA) is 80.7 Å². The van der Waals surface area contributed by atoms with Crippen LogP contribution in [0, 0.1) is 13.8 Å². The van der Waals surface area contributed by atoms with Crippen molar-refractivity contribution in [3.05, 3.63) is 58.9 Å². The molecule has 116 valence electrons. The molecule has 3 aromatic rings. The minimum Gasteiger partial charge on any atom is -0.344 e. The summed E-state index contributed by atoms with van der Waals surface area (Å²) >= 11 is 1.36. The maximum atomic E-state index is 12.3. The van der Waals surface area contributed by atoms with E-state index >= 15 is 0 Å². The minimum atomic E-state index is -0.167. The highest BCUT2D eigenvalue weighted by atomic mass is 32.1. The third-order valence-electron chi connectivity index (χ3n) is 3.15. The first-order valence-corrected chi connectivity index (χ1v) is 7.88. The fourth-order valence-corrected chi connectivity index (χ4v) is 3.03. The Morgan fingerprint density at radius 1 is 1.22 bits per heavy atom. The molecule has 0 saturated heterocycles. The lowest BCUT2D eigenvalue weighted by atomic mass is 10.2. The molecule has 0 aromatic carbocycles. The van der Waals surface area contributed by atoms with Crippen LogP contribution in [0.4, 0.5) is 0 Å². The summed E-state index contributed by atoms with van der Waals surface area (Å²) in [6, 6.07) is 3.74. The molecule has 0 bridgehead atoms. The number of amides is 1. The van der Waals surface area contributed by atoms with Crippen LogP contribution in [-0.2, 0) is 6.54 Å². The van der Waals surface area contributed by atoms with Crippen LogP contribution in [0.2, 0.25) is 0 Å². The number of aryl methyl sites for hydroxylation is 2. The van der Waals surface area contributed by atoms with Crippen molar-refractivity contribution >= 4 is 17.2 Å². The Hall–Kier alpha value is -2.67. The van der Waals surface area contributed by atoms with E-state index in [1.54, 1.807) is 30.9 Å². The van der Waals surface area contributed by atoms with Crippen molar-refractivity contribution in [3.63, 3.8) is 0 Å². The van der Waals surface area contributed by atoms with Crippen molar-refractivity contribution < 1.29 is 4.79 Å². The van der Waals surface area contributed by atoms with Crippen LogP contribution >= 0.6 is 11.3 Å². The van der Waals surface area contributed by atoms with Crippen LogP contribution in [-0.4, -0.2) is 25.8 Å². The number of hydrogen-bond acceptors (Lipinski definition) is 6. The second-order valence-electron chi connectivity index (χ2n) is 5.03. The van der Waals surface area contributed by atoms with Gasteiger partial charge in [-0.15, -0.1) is 11.3 Å². The summed E-state index contributed by atoms with van der Waals surface area (Å²) in [4.78, 5) is 29.8. The first-order valence-electron chi connectivity index (χ1n) is 7.07. The van der Waals surface area contributed by atoms with E-state index in [-0.39, 0.29) is 5.91 Å². The fraction of sp³-hybridized carbons (Fsp3) is 0.188. The second-order valence-corrected chi connectivity index (χ2v) is 6.03. The zero-order valence-electron chi connectivity index (χ0n) is 12.8. The summed E-state index contributed by atoms with van der Waals surface area (Å²) in [5.74, 6) is 0.408. The second kappa shape index (κ2) is 6.62. The molecule has 6 nitrogen and oxygen atoms in total. The van der Waals surface area contributed by atoms with Gasteiger partial charge >= 0.3 is 0 Å². The van der Waals surface area contributed by atoms with Crippen molar-refractivity contribution in [2.24, 2.45) is 0 Å². The SMILES string of the molecule is Cc1cncc(-c2nc(C)c(C(=O)NCc3ncccn3)s2)c1. The molecule has 3 aromatic heterocycles. The van der Waals surface area contributed by atoms with Crippen LogP contribution in [0.3, 0.4) is 0 Å². The zero-order valence-corrected chi connectivity index (χ0v) is 13.6. The minimum absolute atomic E-state index is 0.167. The van der Waals surface area contributed by atoms with Crippen LogP contribution in [0.5, 0.6) is 0 Å². The lowest BCUT2D eigenvalue weighted by molar-refractivity contribution is 0.0953. The number of nitrogens with one attached hydrogen (secondary N) is 1. The number of pyridine rings is 1. The van der Waals surface area contributed by atoms with Gasteiger partial charge in [0.05, 0.1) is 12.2 Å². The van der Waals surface area contributed by atoms with Crippen molar-refractivity contribution in [1.29, 1.82) is 0 Å². The summed E-state index contributed by atoms with van der Waals surface area (Å²) in [5.41, 5.74) is 2.68. The molecule has 7 heteroatoms. The van der Waals surface area contributed by atoms with Crippen LogP contribution < -0.4 is 5.32 Å². The first kappa shape index (κ1) is 15.2. The molecule has 1 N–H and O–H groups in total. The maximum Gasteiger partial charge on any atom is 0.263 e. The smallest absolute Gasteiger partial charge is 0.263 e. The largest absolute Gasteiger partial charge is 0.344 e. The van der Waals surface area contributed by atoms with Gasteiger partial charge in [-0.1, -0.05) is 0 Å². The van der Waals surface area contributed by atoms with E-state index in [1.165, 1.54) is 11.3 Å². The number of carbonyl (C=O) groups is 1. The van der Waals surface area contributed by atoms with E-state index in [0.717, 1.165) is 16.1 Å². The van der Waals surface area contributed by atoms with Crippen LogP contribution in [0.15, 0.2) is 36.9 Å². The molecule has 0 spiro atoms. The van der Waals surface area contributed by atoms with Gasteiger partial charge in [0.15, 0.2) is 0 Å². The number of carbonyl (C=O) groups excluding carboxylic acids is 1. The molecule has 0 saturated carbocycles. The Morgan fingerprint density at radius 2 is 2.00 bits per heavy atom. The molecule has 0 aliphatic rings. The molecular formula is C16H15N5OS. The molecule has 0 unspecified atom stereocenters. The number of thiazole rings is 1. The molecule has 0 aliphatic heterocycles. The predicted molar refractivity (Wildman–Crippen MR) is 88.0 cm³/mol. The summed E-state index contributed by atoms with van der Waals surface area (Å²) in [5, 5.41) is 3.61. The maximum absolute atomic E-state index is 12.3. The van der Waals surface area contributed by atoms with E-state index < -0.39 is 0 Å². The molecule has 23 heavy (non-hydrogen) atoms. The Morgan fingerprint density at radius 3 is 2.74 bits per heavy atom. The number of hydrogen-bond donors (Lipinski definition) is 1. The number of rotatable bonds is 4. The van der Waals surface area contributed by atoms with E-state index in [4.69, 9.17) is 0 Å². The van der Waals surface area contributed by atoms with Crippen LogP contribution in [0.25, 0.3) is 10.6 Å². The highest BCUT2D eigenvalue weighted by Gasteiger charge is 2.16. The van der Waals surface area contributed by atoms with Gasteiger partial charge in [0.1, 0.15) is 15.7 Å². The lowest BCUT2D eigenvalue weighted by Gasteiger charge is -2.02. The molecule has 0 fully saturated rings. The molecule has 0 radical (unpaired) electrons. The fourth-order valence-electron chi connectivity index (χ4n) is 2.06. The van der Waals surface area contributed by atoms with Gasteiger partial charge in [-0.2, -0.15) is 0 Å². The van der Waals surface area contributed by atoms with Crippen molar-refractivity contribution in [3.8, 4) is 10.6 Å². The summed E-state index contributed by atoms with van der Waals surface area (Å²) in [7, 11) is 0. The lowest BCUT2D eigenvalue weighted by Crippen LogP contribution is -2.23. The third kappa shape index (κ3) is 3.57. The molecule has 3 rings (SSSR count). The monoisotopic (exact) mass is 325 g/mol. The number of aromatic nitrogens is 4. The van der Waals surface area contributed by atoms with Crippen molar-refractivity contribution in [2.45, 2.75) is 20.4 Å². The van der Waals surface area contributed by atoms with Gasteiger partial charge in [0.2, 0.25) is 0 Å². The Labute approximate surface area is 137 Å². The van der Waals surface area contributed by atoms with Gasteiger partial charge < -0.3 is 5.32 Å². The van der Waals surface area contributed by atoms with Crippen molar-refractivity contribution in [1.82, 2.24) is 25.3 Å². The molecule has 0 atom stereocenters. The van der Waals surface area contributed by atoms with E-state index in [0.29, 0.717) is 22.9 Å². The molecular weight excluding hydrogens is 310 g/mol. The predicted octanol–water partition coefficient (Wildman–Crippen LogP) is 2.54. The summed E-state index contributed by atoms with van der Waals surface area (Å²) in [6.45, 7) is 4.10. The highest BCUT2D eigenvalue weighted by molar-refractivity contribution is 7.17. The highest BCUT2D eigenvalue weighted by Crippen LogP contribution is 2.27. The average Bonchev–Trinajstić information content (AvgIpc) is 2.96.